The average Bonchev–Trinajstić information content (AvgIpc) is 2.43. The summed E-state index contributed by atoms with van der Waals surface area (Å²) in [4.78, 5) is 0.115. The minimum Gasteiger partial charge on any atom is -0.492 e. The van der Waals surface area contributed by atoms with Crippen molar-refractivity contribution >= 4 is 34.0 Å². The summed E-state index contributed by atoms with van der Waals surface area (Å²) >= 11 is 5.95. The second-order valence-electron chi connectivity index (χ2n) is 5.55. The second kappa shape index (κ2) is 9.69. The molecule has 1 fully saturated rings. The fourth-order valence-electron chi connectivity index (χ4n) is 2.23. The van der Waals surface area contributed by atoms with E-state index >= 15 is 0 Å². The maximum absolute atomic E-state index is 12.4. The number of hydrogen-bond donors (Lipinski definition) is 2. The van der Waals surface area contributed by atoms with Gasteiger partial charge in [-0.25, -0.2) is 13.1 Å². The van der Waals surface area contributed by atoms with Gasteiger partial charge in [0.05, 0.1) is 6.61 Å². The van der Waals surface area contributed by atoms with Crippen molar-refractivity contribution in [3.05, 3.63) is 23.2 Å². The Balaban J connectivity index is 0.00000264. The molecule has 0 atom stereocenters. The normalized spacial score (nSPS) is 14.9. The first-order chi connectivity index (χ1) is 10.5. The molecule has 1 aliphatic carbocycles. The van der Waals surface area contributed by atoms with Crippen LogP contribution in [0.4, 0.5) is 0 Å². The fourth-order valence-corrected chi connectivity index (χ4v) is 3.71. The zero-order chi connectivity index (χ0) is 16.0. The van der Waals surface area contributed by atoms with E-state index in [4.69, 9.17) is 16.3 Å². The molecule has 0 radical (unpaired) electrons. The molecule has 1 aliphatic rings. The Labute approximate surface area is 149 Å². The molecular formula is C15H24Cl2N2O3S. The van der Waals surface area contributed by atoms with Gasteiger partial charge in [0.2, 0.25) is 10.0 Å². The molecule has 1 aromatic carbocycles. The van der Waals surface area contributed by atoms with Crippen LogP contribution in [0.25, 0.3) is 0 Å². The van der Waals surface area contributed by atoms with Crippen molar-refractivity contribution in [2.45, 2.75) is 30.6 Å². The predicted octanol–water partition coefficient (Wildman–Crippen LogP) is 2.83. The smallest absolute Gasteiger partial charge is 0.244 e. The highest BCUT2D eigenvalue weighted by atomic mass is 35.5. The summed E-state index contributed by atoms with van der Waals surface area (Å²) in [5, 5.41) is 3.36. The van der Waals surface area contributed by atoms with Crippen molar-refractivity contribution in [1.29, 1.82) is 0 Å². The van der Waals surface area contributed by atoms with Crippen LogP contribution in [0.5, 0.6) is 5.75 Å². The third kappa shape index (κ3) is 6.12. The lowest BCUT2D eigenvalue weighted by molar-refractivity contribution is 0.177. The summed E-state index contributed by atoms with van der Waals surface area (Å²) in [5.41, 5.74) is 0. The minimum atomic E-state index is -3.62. The first-order valence-corrected chi connectivity index (χ1v) is 9.45. The number of rotatable bonds is 9. The SMILES string of the molecule is CNCCCNS(=O)(=O)c1cc(Cl)ccc1OCC1CCC1.Cl. The standard InChI is InChI=1S/C15H23ClN2O3S.ClH/c1-17-8-3-9-18-22(19,20)15-10-13(16)6-7-14(15)21-11-12-4-2-5-12;/h6-7,10,12,17-18H,2-5,8-9,11H2,1H3;1H. The van der Waals surface area contributed by atoms with Gasteiger partial charge in [-0.15, -0.1) is 12.4 Å². The maximum Gasteiger partial charge on any atom is 0.244 e. The molecular weight excluding hydrogens is 359 g/mol. The van der Waals surface area contributed by atoms with Crippen LogP contribution in [-0.4, -0.2) is 35.2 Å². The molecule has 0 bridgehead atoms. The summed E-state index contributed by atoms with van der Waals surface area (Å²) < 4.78 is 33.2. The van der Waals surface area contributed by atoms with E-state index in [1.54, 1.807) is 12.1 Å². The van der Waals surface area contributed by atoms with E-state index in [9.17, 15) is 8.42 Å². The average molecular weight is 383 g/mol. The Morgan fingerprint density at radius 2 is 2.04 bits per heavy atom. The monoisotopic (exact) mass is 382 g/mol. The zero-order valence-electron chi connectivity index (χ0n) is 13.2. The van der Waals surface area contributed by atoms with E-state index in [2.05, 4.69) is 10.0 Å². The van der Waals surface area contributed by atoms with Crippen molar-refractivity contribution in [1.82, 2.24) is 10.0 Å². The quantitative estimate of drug-likeness (QED) is 0.644. The van der Waals surface area contributed by atoms with Gasteiger partial charge in [-0.05, 0) is 57.0 Å². The van der Waals surface area contributed by atoms with Crippen LogP contribution >= 0.6 is 24.0 Å². The predicted molar refractivity (Wildman–Crippen MR) is 95.3 cm³/mol. The fraction of sp³-hybridized carbons (Fsp3) is 0.600. The lowest BCUT2D eigenvalue weighted by atomic mass is 9.86. The third-order valence-electron chi connectivity index (χ3n) is 3.79. The Morgan fingerprint density at radius 1 is 1.30 bits per heavy atom. The molecule has 8 heteroatoms. The highest BCUT2D eigenvalue weighted by molar-refractivity contribution is 7.89. The summed E-state index contributed by atoms with van der Waals surface area (Å²) in [6.45, 7) is 1.69. The zero-order valence-corrected chi connectivity index (χ0v) is 15.6. The van der Waals surface area contributed by atoms with Gasteiger partial charge in [0.25, 0.3) is 0 Å². The molecule has 2 N–H and O–H groups in total. The summed E-state index contributed by atoms with van der Waals surface area (Å²) in [6, 6.07) is 4.72. The van der Waals surface area contributed by atoms with Gasteiger partial charge in [0.15, 0.2) is 0 Å². The first kappa shape index (κ1) is 20.5. The third-order valence-corrected chi connectivity index (χ3v) is 5.51. The molecule has 1 saturated carbocycles. The Morgan fingerprint density at radius 3 is 2.65 bits per heavy atom. The van der Waals surface area contributed by atoms with Gasteiger partial charge in [-0.3, -0.25) is 0 Å². The number of sulfonamides is 1. The van der Waals surface area contributed by atoms with Gasteiger partial charge in [0, 0.05) is 11.6 Å². The number of benzene rings is 1. The molecule has 5 nitrogen and oxygen atoms in total. The number of halogens is 2. The molecule has 0 aliphatic heterocycles. The van der Waals surface area contributed by atoms with Crippen LogP contribution in [0.15, 0.2) is 23.1 Å². The highest BCUT2D eigenvalue weighted by Crippen LogP contribution is 2.31. The molecule has 2 rings (SSSR count). The van der Waals surface area contributed by atoms with Crippen LogP contribution < -0.4 is 14.8 Å². The lowest BCUT2D eigenvalue weighted by Crippen LogP contribution is -2.27. The Hall–Kier alpha value is -0.530. The van der Waals surface area contributed by atoms with Gasteiger partial charge >= 0.3 is 0 Å². The van der Waals surface area contributed by atoms with Crippen molar-refractivity contribution in [2.75, 3.05) is 26.7 Å². The van der Waals surface area contributed by atoms with E-state index in [1.165, 1.54) is 12.5 Å². The number of nitrogens with one attached hydrogen (secondary N) is 2. The van der Waals surface area contributed by atoms with E-state index in [0.717, 1.165) is 19.4 Å². The maximum atomic E-state index is 12.4. The molecule has 0 amide bonds. The van der Waals surface area contributed by atoms with Crippen molar-refractivity contribution in [3.8, 4) is 5.75 Å². The van der Waals surface area contributed by atoms with E-state index in [0.29, 0.717) is 36.3 Å². The van der Waals surface area contributed by atoms with Crippen LogP contribution in [-0.2, 0) is 10.0 Å². The van der Waals surface area contributed by atoms with Gasteiger partial charge < -0.3 is 10.1 Å². The van der Waals surface area contributed by atoms with Gasteiger partial charge in [-0.1, -0.05) is 18.0 Å². The molecule has 0 unspecified atom stereocenters. The van der Waals surface area contributed by atoms with Crippen molar-refractivity contribution in [2.24, 2.45) is 5.92 Å². The molecule has 0 aromatic heterocycles. The van der Waals surface area contributed by atoms with Crippen LogP contribution in [0, 0.1) is 5.92 Å². The largest absolute Gasteiger partial charge is 0.492 e. The lowest BCUT2D eigenvalue weighted by Gasteiger charge is -2.25. The molecule has 0 heterocycles. The number of ether oxygens (including phenoxy) is 1. The molecule has 132 valence electrons. The molecule has 1 aromatic rings. The molecule has 0 saturated heterocycles. The topological polar surface area (TPSA) is 67.4 Å². The van der Waals surface area contributed by atoms with Gasteiger partial charge in [-0.2, -0.15) is 0 Å². The van der Waals surface area contributed by atoms with E-state index in [-0.39, 0.29) is 17.3 Å². The summed E-state index contributed by atoms with van der Waals surface area (Å²) in [7, 11) is -1.79. The van der Waals surface area contributed by atoms with Crippen molar-refractivity contribution in [3.63, 3.8) is 0 Å². The minimum absolute atomic E-state index is 0. The van der Waals surface area contributed by atoms with Crippen LogP contribution in [0.1, 0.15) is 25.7 Å². The summed E-state index contributed by atoms with van der Waals surface area (Å²) in [5.74, 6) is 0.909. The Bertz CT molecular complexity index is 592. The van der Waals surface area contributed by atoms with E-state index in [1.807, 2.05) is 7.05 Å². The Kier molecular flexibility index (Phi) is 8.64. The highest BCUT2D eigenvalue weighted by Gasteiger charge is 2.22. The van der Waals surface area contributed by atoms with Gasteiger partial charge in [0.1, 0.15) is 10.6 Å². The number of hydrogen-bond acceptors (Lipinski definition) is 4. The summed E-state index contributed by atoms with van der Waals surface area (Å²) in [6.07, 6.45) is 4.25. The van der Waals surface area contributed by atoms with E-state index < -0.39 is 10.0 Å². The second-order valence-corrected chi connectivity index (χ2v) is 7.73. The van der Waals surface area contributed by atoms with Crippen LogP contribution in [0.2, 0.25) is 5.02 Å². The first-order valence-electron chi connectivity index (χ1n) is 7.59. The van der Waals surface area contributed by atoms with Crippen molar-refractivity contribution < 1.29 is 13.2 Å². The molecule has 0 spiro atoms. The van der Waals surface area contributed by atoms with Crippen LogP contribution in [0.3, 0.4) is 0 Å². The molecule has 23 heavy (non-hydrogen) atoms.